The molecule has 0 unspecified atom stereocenters. The van der Waals surface area contributed by atoms with Gasteiger partial charge < -0.3 is 4.74 Å². The lowest BCUT2D eigenvalue weighted by Gasteiger charge is -2.09. The van der Waals surface area contributed by atoms with E-state index >= 15 is 0 Å². The normalized spacial score (nSPS) is 10.3. The van der Waals surface area contributed by atoms with Crippen LogP contribution in [0.5, 0.6) is 0 Å². The van der Waals surface area contributed by atoms with E-state index in [9.17, 15) is 14.9 Å². The molecule has 0 spiro atoms. The highest BCUT2D eigenvalue weighted by molar-refractivity contribution is 6.33. The van der Waals surface area contributed by atoms with Crippen molar-refractivity contribution < 1.29 is 14.5 Å². The molecule has 2 aromatic rings. The van der Waals surface area contributed by atoms with Crippen molar-refractivity contribution in [2.75, 3.05) is 0 Å². The highest BCUT2D eigenvalue weighted by Gasteiger charge is 2.17. The van der Waals surface area contributed by atoms with Gasteiger partial charge in [-0.1, -0.05) is 35.4 Å². The average molecular weight is 320 g/mol. The molecule has 0 atom stereocenters. The number of halogens is 1. The average Bonchev–Trinajstić information content (AvgIpc) is 2.48. The number of hydrogen-bond donors (Lipinski definition) is 0. The third kappa shape index (κ3) is 3.62. The molecule has 0 aliphatic carbocycles. The van der Waals surface area contributed by atoms with Crippen LogP contribution in [0.1, 0.15) is 27.0 Å². The molecule has 5 nitrogen and oxygen atoms in total. The number of nitrogens with zero attached hydrogens (tertiary/aromatic N) is 1. The van der Waals surface area contributed by atoms with E-state index in [1.807, 2.05) is 32.0 Å². The Balaban J connectivity index is 2.17. The van der Waals surface area contributed by atoms with Crippen LogP contribution in [0, 0.1) is 24.0 Å². The second-order valence-corrected chi connectivity index (χ2v) is 5.33. The molecule has 0 aliphatic heterocycles. The predicted molar refractivity (Wildman–Crippen MR) is 83.1 cm³/mol. The quantitative estimate of drug-likeness (QED) is 0.480. The monoisotopic (exact) mass is 319 g/mol. The summed E-state index contributed by atoms with van der Waals surface area (Å²) in [4.78, 5) is 22.3. The fraction of sp³-hybridized carbons (Fsp3) is 0.188. The third-order valence-corrected chi connectivity index (χ3v) is 3.57. The molecule has 2 aromatic carbocycles. The van der Waals surface area contributed by atoms with Crippen LogP contribution in [0.25, 0.3) is 0 Å². The third-order valence-electron chi connectivity index (χ3n) is 3.24. The van der Waals surface area contributed by atoms with Crippen LogP contribution in [0.4, 0.5) is 5.69 Å². The fourth-order valence-electron chi connectivity index (χ4n) is 1.96. The minimum Gasteiger partial charge on any atom is -0.457 e. The molecule has 0 saturated heterocycles. The predicted octanol–water partition coefficient (Wildman–Crippen LogP) is 4.22. The Labute approximate surface area is 132 Å². The summed E-state index contributed by atoms with van der Waals surface area (Å²) in [5.74, 6) is -0.686. The maximum atomic E-state index is 12.1. The zero-order chi connectivity index (χ0) is 16.3. The molecule has 2 rings (SSSR count). The molecule has 0 amide bonds. The van der Waals surface area contributed by atoms with E-state index in [1.165, 1.54) is 12.1 Å². The number of esters is 1. The molecule has 0 bridgehead atoms. The second-order valence-electron chi connectivity index (χ2n) is 4.93. The molecule has 0 fully saturated rings. The fourth-order valence-corrected chi connectivity index (χ4v) is 2.15. The van der Waals surface area contributed by atoms with E-state index in [4.69, 9.17) is 16.3 Å². The minimum atomic E-state index is -0.686. The number of hydrogen-bond acceptors (Lipinski definition) is 4. The summed E-state index contributed by atoms with van der Waals surface area (Å²) in [6.45, 7) is 3.95. The SMILES string of the molecule is Cc1ccc(C)c(COC(=O)c2cc([N+](=O)[O-])ccc2Cl)c1. The van der Waals surface area contributed by atoms with Gasteiger partial charge in [-0.05, 0) is 31.0 Å². The van der Waals surface area contributed by atoms with Crippen LogP contribution in [0.2, 0.25) is 5.02 Å². The van der Waals surface area contributed by atoms with Gasteiger partial charge >= 0.3 is 5.97 Å². The van der Waals surface area contributed by atoms with Crippen molar-refractivity contribution in [2.24, 2.45) is 0 Å². The number of carbonyl (C=O) groups is 1. The summed E-state index contributed by atoms with van der Waals surface area (Å²) in [6, 6.07) is 9.51. The molecular weight excluding hydrogens is 306 g/mol. The zero-order valence-electron chi connectivity index (χ0n) is 12.1. The Bertz CT molecular complexity index is 743. The molecular formula is C16H14ClNO4. The van der Waals surface area contributed by atoms with Crippen molar-refractivity contribution in [3.8, 4) is 0 Å². The summed E-state index contributed by atoms with van der Waals surface area (Å²) in [6.07, 6.45) is 0. The Hall–Kier alpha value is -2.40. The smallest absolute Gasteiger partial charge is 0.340 e. The molecule has 6 heteroatoms. The number of carbonyl (C=O) groups excluding carboxylic acids is 1. The summed E-state index contributed by atoms with van der Waals surface area (Å²) in [7, 11) is 0. The van der Waals surface area contributed by atoms with Crippen LogP contribution in [0.15, 0.2) is 36.4 Å². The Kier molecular flexibility index (Phi) is 4.78. The van der Waals surface area contributed by atoms with E-state index in [-0.39, 0.29) is 22.9 Å². The number of rotatable bonds is 4. The summed E-state index contributed by atoms with van der Waals surface area (Å²) >= 11 is 5.91. The van der Waals surface area contributed by atoms with Gasteiger partial charge in [0.1, 0.15) is 6.61 Å². The van der Waals surface area contributed by atoms with E-state index in [0.717, 1.165) is 22.8 Å². The first-order chi connectivity index (χ1) is 10.4. The zero-order valence-corrected chi connectivity index (χ0v) is 12.9. The van der Waals surface area contributed by atoms with Gasteiger partial charge in [-0.2, -0.15) is 0 Å². The van der Waals surface area contributed by atoms with Gasteiger partial charge in [0.25, 0.3) is 5.69 Å². The Morgan fingerprint density at radius 1 is 1.23 bits per heavy atom. The van der Waals surface area contributed by atoms with Gasteiger partial charge in [0.05, 0.1) is 15.5 Å². The largest absolute Gasteiger partial charge is 0.457 e. The van der Waals surface area contributed by atoms with Crippen LogP contribution >= 0.6 is 11.6 Å². The van der Waals surface area contributed by atoms with Crippen molar-refractivity contribution in [3.63, 3.8) is 0 Å². The molecule has 0 saturated carbocycles. The lowest BCUT2D eigenvalue weighted by molar-refractivity contribution is -0.384. The maximum Gasteiger partial charge on any atom is 0.340 e. The van der Waals surface area contributed by atoms with E-state index in [0.29, 0.717) is 0 Å². The number of nitro benzene ring substituents is 1. The number of nitro groups is 1. The van der Waals surface area contributed by atoms with Gasteiger partial charge in [0.2, 0.25) is 0 Å². The molecule has 22 heavy (non-hydrogen) atoms. The van der Waals surface area contributed by atoms with Crippen molar-refractivity contribution in [1.82, 2.24) is 0 Å². The van der Waals surface area contributed by atoms with Crippen molar-refractivity contribution in [3.05, 3.63) is 73.8 Å². The molecule has 0 radical (unpaired) electrons. The summed E-state index contributed by atoms with van der Waals surface area (Å²) in [5, 5.41) is 10.9. The van der Waals surface area contributed by atoms with E-state index < -0.39 is 10.9 Å². The van der Waals surface area contributed by atoms with E-state index in [2.05, 4.69) is 0 Å². The van der Waals surface area contributed by atoms with Crippen molar-refractivity contribution in [2.45, 2.75) is 20.5 Å². The van der Waals surface area contributed by atoms with Crippen molar-refractivity contribution >= 4 is 23.3 Å². The first-order valence-electron chi connectivity index (χ1n) is 6.55. The molecule has 114 valence electrons. The second kappa shape index (κ2) is 6.58. The standard InChI is InChI=1S/C16H14ClNO4/c1-10-3-4-11(2)12(7-10)9-22-16(19)14-8-13(18(20)21)5-6-15(14)17/h3-8H,9H2,1-2H3. The van der Waals surface area contributed by atoms with Gasteiger partial charge in [-0.3, -0.25) is 10.1 Å². The van der Waals surface area contributed by atoms with Crippen LogP contribution in [0.3, 0.4) is 0 Å². The molecule has 0 heterocycles. The number of non-ortho nitro benzene ring substituents is 1. The van der Waals surface area contributed by atoms with Gasteiger partial charge in [-0.15, -0.1) is 0 Å². The minimum absolute atomic E-state index is 0.0128. The summed E-state index contributed by atoms with van der Waals surface area (Å²) in [5.41, 5.74) is 2.73. The lowest BCUT2D eigenvalue weighted by Crippen LogP contribution is -2.07. The lowest BCUT2D eigenvalue weighted by atomic mass is 10.1. The number of ether oxygens (including phenoxy) is 1. The van der Waals surface area contributed by atoms with E-state index in [1.54, 1.807) is 0 Å². The molecule has 0 aliphatic rings. The first-order valence-corrected chi connectivity index (χ1v) is 6.93. The van der Waals surface area contributed by atoms with Gasteiger partial charge in [0.15, 0.2) is 0 Å². The van der Waals surface area contributed by atoms with Gasteiger partial charge in [-0.25, -0.2) is 4.79 Å². The first kappa shape index (κ1) is 16.0. The van der Waals surface area contributed by atoms with Gasteiger partial charge in [0, 0.05) is 12.1 Å². The van der Waals surface area contributed by atoms with Crippen LogP contribution in [-0.4, -0.2) is 10.9 Å². The van der Waals surface area contributed by atoms with Crippen molar-refractivity contribution in [1.29, 1.82) is 0 Å². The highest BCUT2D eigenvalue weighted by atomic mass is 35.5. The Morgan fingerprint density at radius 2 is 1.95 bits per heavy atom. The molecule has 0 aromatic heterocycles. The topological polar surface area (TPSA) is 69.4 Å². The highest BCUT2D eigenvalue weighted by Crippen LogP contribution is 2.23. The molecule has 0 N–H and O–H groups in total. The maximum absolute atomic E-state index is 12.1. The number of benzene rings is 2. The Morgan fingerprint density at radius 3 is 2.64 bits per heavy atom. The van der Waals surface area contributed by atoms with Crippen LogP contribution < -0.4 is 0 Å². The van der Waals surface area contributed by atoms with Crippen LogP contribution in [-0.2, 0) is 11.3 Å². The number of aryl methyl sites for hydroxylation is 2. The summed E-state index contributed by atoms with van der Waals surface area (Å²) < 4.78 is 5.22.